The summed E-state index contributed by atoms with van der Waals surface area (Å²) in [6.45, 7) is 5.65. The molecule has 0 N–H and O–H groups in total. The molecular weight excluding hydrogens is 316 g/mol. The van der Waals surface area contributed by atoms with Crippen LogP contribution in [-0.4, -0.2) is 39.8 Å². The zero-order chi connectivity index (χ0) is 18.0. The second-order valence-electron chi connectivity index (χ2n) is 7.11. The Hall–Kier alpha value is -1.39. The molecule has 0 amide bonds. The number of rotatable bonds is 13. The summed E-state index contributed by atoms with van der Waals surface area (Å²) < 4.78 is 16.5. The molecule has 0 saturated carbocycles. The number of aryl methyl sites for hydroxylation is 1. The van der Waals surface area contributed by atoms with E-state index in [1.807, 2.05) is 18.2 Å². The molecule has 2 rings (SSSR count). The molecule has 1 aromatic rings. The number of hydrogen-bond donors (Lipinski definition) is 0. The number of aldehydes is 1. The van der Waals surface area contributed by atoms with Crippen LogP contribution >= 0.6 is 0 Å². The van der Waals surface area contributed by atoms with Crippen molar-refractivity contribution in [2.45, 2.75) is 51.9 Å². The fourth-order valence-corrected chi connectivity index (χ4v) is 3.16. The van der Waals surface area contributed by atoms with Crippen molar-refractivity contribution < 1.29 is 19.0 Å². The molecule has 1 aliphatic heterocycles. The SMILES string of the molecule is CCC1(COCCCCCCCc2ccc(C=O)cc2OC)COC1. The monoisotopic (exact) mass is 348 g/mol. The van der Waals surface area contributed by atoms with Gasteiger partial charge in [-0.2, -0.15) is 0 Å². The minimum atomic E-state index is 0.304. The van der Waals surface area contributed by atoms with Crippen molar-refractivity contribution in [1.29, 1.82) is 0 Å². The Balaban J connectivity index is 1.51. The first-order chi connectivity index (χ1) is 12.2. The number of benzene rings is 1. The fraction of sp³-hybridized carbons (Fsp3) is 0.667. The lowest BCUT2D eigenvalue weighted by Crippen LogP contribution is -2.45. The highest BCUT2D eigenvalue weighted by Gasteiger charge is 2.36. The van der Waals surface area contributed by atoms with Gasteiger partial charge in [0.25, 0.3) is 0 Å². The number of ether oxygens (including phenoxy) is 3. The summed E-state index contributed by atoms with van der Waals surface area (Å²) in [4.78, 5) is 10.8. The first kappa shape index (κ1) is 19.9. The second-order valence-corrected chi connectivity index (χ2v) is 7.11. The molecule has 1 heterocycles. The lowest BCUT2D eigenvalue weighted by Gasteiger charge is -2.40. The first-order valence-corrected chi connectivity index (χ1v) is 9.50. The highest BCUT2D eigenvalue weighted by molar-refractivity contribution is 5.75. The molecule has 140 valence electrons. The number of unbranched alkanes of at least 4 members (excludes halogenated alkanes) is 4. The van der Waals surface area contributed by atoms with Crippen LogP contribution in [0, 0.1) is 5.41 Å². The maximum atomic E-state index is 10.8. The molecule has 1 aromatic carbocycles. The molecule has 25 heavy (non-hydrogen) atoms. The highest BCUT2D eigenvalue weighted by Crippen LogP contribution is 2.31. The first-order valence-electron chi connectivity index (χ1n) is 9.50. The third-order valence-electron chi connectivity index (χ3n) is 5.16. The van der Waals surface area contributed by atoms with Gasteiger partial charge in [0, 0.05) is 17.6 Å². The average molecular weight is 348 g/mol. The molecular formula is C21H32O4. The van der Waals surface area contributed by atoms with Gasteiger partial charge in [-0.1, -0.05) is 38.3 Å². The predicted octanol–water partition coefficient (Wildman–Crippen LogP) is 4.44. The molecule has 0 aliphatic carbocycles. The van der Waals surface area contributed by atoms with Crippen molar-refractivity contribution in [2.75, 3.05) is 33.5 Å². The van der Waals surface area contributed by atoms with Crippen molar-refractivity contribution in [1.82, 2.24) is 0 Å². The topological polar surface area (TPSA) is 44.8 Å². The second kappa shape index (κ2) is 10.6. The van der Waals surface area contributed by atoms with Crippen molar-refractivity contribution >= 4 is 6.29 Å². The molecule has 0 atom stereocenters. The number of methoxy groups -OCH3 is 1. The molecule has 0 unspecified atom stereocenters. The van der Waals surface area contributed by atoms with Gasteiger partial charge in [-0.25, -0.2) is 0 Å². The van der Waals surface area contributed by atoms with Gasteiger partial charge < -0.3 is 14.2 Å². The fourth-order valence-electron chi connectivity index (χ4n) is 3.16. The quantitative estimate of drug-likeness (QED) is 0.390. The minimum absolute atomic E-state index is 0.304. The number of carbonyl (C=O) groups is 1. The molecule has 1 aliphatic rings. The van der Waals surface area contributed by atoms with Crippen molar-refractivity contribution in [3.05, 3.63) is 29.3 Å². The third kappa shape index (κ3) is 6.12. The summed E-state index contributed by atoms with van der Waals surface area (Å²) in [5.41, 5.74) is 2.15. The zero-order valence-electron chi connectivity index (χ0n) is 15.7. The van der Waals surface area contributed by atoms with E-state index in [0.29, 0.717) is 11.0 Å². The van der Waals surface area contributed by atoms with Gasteiger partial charge in [0.05, 0.1) is 26.9 Å². The van der Waals surface area contributed by atoms with Crippen LogP contribution in [0.3, 0.4) is 0 Å². The van der Waals surface area contributed by atoms with E-state index in [1.54, 1.807) is 7.11 Å². The van der Waals surface area contributed by atoms with Gasteiger partial charge in [0.1, 0.15) is 12.0 Å². The molecule has 0 radical (unpaired) electrons. The van der Waals surface area contributed by atoms with E-state index in [1.165, 1.54) is 24.8 Å². The standard InChI is InChI=1S/C21H32O4/c1-3-21(16-25-17-21)15-24-12-8-6-4-5-7-9-19-11-10-18(14-22)13-20(19)23-2/h10-11,13-14H,3-9,12,15-17H2,1-2H3. The Morgan fingerprint density at radius 3 is 2.56 bits per heavy atom. The van der Waals surface area contributed by atoms with E-state index >= 15 is 0 Å². The molecule has 4 nitrogen and oxygen atoms in total. The average Bonchev–Trinajstić information content (AvgIpc) is 2.62. The van der Waals surface area contributed by atoms with Crippen LogP contribution in [0.15, 0.2) is 18.2 Å². The number of carbonyl (C=O) groups excluding carboxylic acids is 1. The Bertz CT molecular complexity index is 517. The van der Waals surface area contributed by atoms with Crippen LogP contribution in [0.4, 0.5) is 0 Å². The molecule has 4 heteroatoms. The summed E-state index contributed by atoms with van der Waals surface area (Å²) in [5, 5.41) is 0. The highest BCUT2D eigenvalue weighted by atomic mass is 16.5. The molecule has 1 fully saturated rings. The van der Waals surface area contributed by atoms with E-state index in [2.05, 4.69) is 6.92 Å². The molecule has 0 spiro atoms. The van der Waals surface area contributed by atoms with E-state index in [0.717, 1.165) is 64.1 Å². The lowest BCUT2D eigenvalue weighted by atomic mass is 9.84. The van der Waals surface area contributed by atoms with Crippen LogP contribution in [0.1, 0.15) is 61.4 Å². The Morgan fingerprint density at radius 2 is 1.92 bits per heavy atom. The van der Waals surface area contributed by atoms with Crippen LogP contribution < -0.4 is 4.74 Å². The van der Waals surface area contributed by atoms with Gasteiger partial charge in [-0.3, -0.25) is 4.79 Å². The summed E-state index contributed by atoms with van der Waals surface area (Å²) in [6.07, 6.45) is 8.95. The minimum Gasteiger partial charge on any atom is -0.496 e. The summed E-state index contributed by atoms with van der Waals surface area (Å²) >= 11 is 0. The normalized spacial score (nSPS) is 15.6. The smallest absolute Gasteiger partial charge is 0.150 e. The Kier molecular flexibility index (Phi) is 8.42. The van der Waals surface area contributed by atoms with E-state index in [9.17, 15) is 4.79 Å². The van der Waals surface area contributed by atoms with Gasteiger partial charge in [0.15, 0.2) is 0 Å². The van der Waals surface area contributed by atoms with Crippen LogP contribution in [-0.2, 0) is 15.9 Å². The largest absolute Gasteiger partial charge is 0.496 e. The van der Waals surface area contributed by atoms with E-state index in [-0.39, 0.29) is 0 Å². The zero-order valence-corrected chi connectivity index (χ0v) is 15.7. The van der Waals surface area contributed by atoms with Crippen LogP contribution in [0.2, 0.25) is 0 Å². The molecule has 0 aromatic heterocycles. The van der Waals surface area contributed by atoms with Crippen LogP contribution in [0.5, 0.6) is 5.75 Å². The summed E-state index contributed by atoms with van der Waals surface area (Å²) in [5.74, 6) is 0.822. The maximum absolute atomic E-state index is 10.8. The van der Waals surface area contributed by atoms with Gasteiger partial charge in [-0.15, -0.1) is 0 Å². The van der Waals surface area contributed by atoms with Gasteiger partial charge in [-0.05, 0) is 37.3 Å². The predicted molar refractivity (Wildman–Crippen MR) is 99.5 cm³/mol. The number of hydrogen-bond acceptors (Lipinski definition) is 4. The van der Waals surface area contributed by atoms with Gasteiger partial charge in [0.2, 0.25) is 0 Å². The third-order valence-corrected chi connectivity index (χ3v) is 5.16. The van der Waals surface area contributed by atoms with Crippen molar-refractivity contribution in [3.63, 3.8) is 0 Å². The van der Waals surface area contributed by atoms with Crippen LogP contribution in [0.25, 0.3) is 0 Å². The molecule has 0 bridgehead atoms. The van der Waals surface area contributed by atoms with Crippen molar-refractivity contribution in [2.24, 2.45) is 5.41 Å². The van der Waals surface area contributed by atoms with E-state index < -0.39 is 0 Å². The summed E-state index contributed by atoms with van der Waals surface area (Å²) in [6, 6.07) is 5.68. The summed E-state index contributed by atoms with van der Waals surface area (Å²) in [7, 11) is 1.66. The Morgan fingerprint density at radius 1 is 1.16 bits per heavy atom. The van der Waals surface area contributed by atoms with Crippen molar-refractivity contribution in [3.8, 4) is 5.75 Å². The van der Waals surface area contributed by atoms with E-state index in [4.69, 9.17) is 14.2 Å². The molecule has 1 saturated heterocycles. The Labute approximate surface area is 151 Å². The van der Waals surface area contributed by atoms with Gasteiger partial charge >= 0.3 is 0 Å². The lowest BCUT2D eigenvalue weighted by molar-refractivity contribution is -0.150. The maximum Gasteiger partial charge on any atom is 0.150 e.